The summed E-state index contributed by atoms with van der Waals surface area (Å²) in [7, 11) is 2.95. The number of hydrogen-bond donors (Lipinski definition) is 0. The predicted octanol–water partition coefficient (Wildman–Crippen LogP) is 3.43. The van der Waals surface area contributed by atoms with Crippen LogP contribution < -0.4 is 0 Å². The van der Waals surface area contributed by atoms with Gasteiger partial charge in [0, 0.05) is 16.5 Å². The normalized spacial score (nSPS) is 9.20. The zero-order valence-corrected chi connectivity index (χ0v) is 7.93. The second-order valence-corrected chi connectivity index (χ2v) is 4.26. The molecule has 0 saturated heterocycles. The maximum atomic E-state index is 8.16. The van der Waals surface area contributed by atoms with Crippen LogP contribution in [0.2, 0.25) is 0 Å². The Bertz CT molecular complexity index is 98.3. The lowest BCUT2D eigenvalue weighted by Crippen LogP contribution is -1.77. The van der Waals surface area contributed by atoms with E-state index in [1.54, 1.807) is 10.8 Å². The Morgan fingerprint density at radius 1 is 1.30 bits per heavy atom. The molecule has 0 fully saturated rings. The molecule has 0 bridgehead atoms. The molecule has 0 heterocycles. The lowest BCUT2D eigenvalue weighted by atomic mass is 10.2. The quantitative estimate of drug-likeness (QED) is 0.351. The van der Waals surface area contributed by atoms with E-state index in [-0.39, 0.29) is 0 Å². The van der Waals surface area contributed by atoms with Gasteiger partial charge in [-0.15, -0.1) is 0 Å². The molecule has 0 radical (unpaired) electrons. The van der Waals surface area contributed by atoms with Crippen molar-refractivity contribution >= 4 is 21.6 Å². The third kappa shape index (κ3) is 8.19. The zero-order chi connectivity index (χ0) is 7.66. The molecule has 0 atom stereocenters. The maximum Gasteiger partial charge on any atom is 0.144 e. The molecule has 0 aromatic carbocycles. The summed E-state index contributed by atoms with van der Waals surface area (Å²) in [5.74, 6) is 1.12. The van der Waals surface area contributed by atoms with Gasteiger partial charge in [0.2, 0.25) is 0 Å². The van der Waals surface area contributed by atoms with Crippen molar-refractivity contribution in [1.82, 2.24) is 0 Å². The third-order valence-electron chi connectivity index (χ3n) is 1.18. The highest BCUT2D eigenvalue weighted by Gasteiger charge is 1.88. The molecule has 10 heavy (non-hydrogen) atoms. The Hall–Kier alpha value is 0.190. The van der Waals surface area contributed by atoms with Gasteiger partial charge < -0.3 is 0 Å². The highest BCUT2D eigenvalue weighted by Crippen LogP contribution is 2.20. The van der Waals surface area contributed by atoms with Crippen molar-refractivity contribution in [3.05, 3.63) is 0 Å². The Labute approximate surface area is 71.0 Å². The van der Waals surface area contributed by atoms with Gasteiger partial charge in [-0.2, -0.15) is 5.26 Å². The van der Waals surface area contributed by atoms with E-state index in [1.165, 1.54) is 36.5 Å². The number of rotatable bonds is 6. The van der Waals surface area contributed by atoms with Gasteiger partial charge in [0.25, 0.3) is 0 Å². The summed E-state index contributed by atoms with van der Waals surface area (Å²) in [6.07, 6.45) is 5.19. The summed E-state index contributed by atoms with van der Waals surface area (Å²) in [6.45, 7) is 2.21. The molecule has 0 spiro atoms. The van der Waals surface area contributed by atoms with Crippen molar-refractivity contribution in [2.45, 2.75) is 32.6 Å². The molecule has 58 valence electrons. The van der Waals surface area contributed by atoms with Crippen molar-refractivity contribution in [2.75, 3.05) is 5.75 Å². The number of hydrogen-bond acceptors (Lipinski definition) is 3. The summed E-state index contributed by atoms with van der Waals surface area (Å²) in [6, 6.07) is 0. The fourth-order valence-electron chi connectivity index (χ4n) is 0.656. The first kappa shape index (κ1) is 10.2. The largest absolute Gasteiger partial charge is 0.184 e. The lowest BCUT2D eigenvalue weighted by molar-refractivity contribution is 0.707. The molecule has 0 aliphatic rings. The number of unbranched alkanes of at least 4 members (excludes halogenated alkanes) is 3. The summed E-state index contributed by atoms with van der Waals surface area (Å²) in [5, 5.41) is 10.2. The zero-order valence-electron chi connectivity index (χ0n) is 6.30. The van der Waals surface area contributed by atoms with Crippen molar-refractivity contribution < 1.29 is 0 Å². The predicted molar refractivity (Wildman–Crippen MR) is 49.8 cm³/mol. The van der Waals surface area contributed by atoms with Crippen LogP contribution >= 0.6 is 21.6 Å². The van der Waals surface area contributed by atoms with Crippen LogP contribution in [-0.4, -0.2) is 5.75 Å². The van der Waals surface area contributed by atoms with E-state index in [2.05, 4.69) is 6.92 Å². The van der Waals surface area contributed by atoms with Crippen LogP contribution in [0.15, 0.2) is 0 Å². The van der Waals surface area contributed by atoms with Gasteiger partial charge in [-0.1, -0.05) is 37.0 Å². The van der Waals surface area contributed by atoms with E-state index in [0.717, 1.165) is 5.75 Å². The Morgan fingerprint density at radius 2 is 2.10 bits per heavy atom. The molecule has 0 rings (SSSR count). The molecule has 0 unspecified atom stereocenters. The molecule has 0 aliphatic heterocycles. The van der Waals surface area contributed by atoms with Crippen molar-refractivity contribution in [3.8, 4) is 5.40 Å². The third-order valence-corrected chi connectivity index (χ3v) is 2.90. The molecular weight excluding hydrogens is 162 g/mol. The number of nitrogens with zero attached hydrogens (tertiary/aromatic N) is 1. The first-order valence-corrected chi connectivity index (χ1v) is 5.91. The van der Waals surface area contributed by atoms with E-state index >= 15 is 0 Å². The van der Waals surface area contributed by atoms with E-state index in [9.17, 15) is 0 Å². The lowest BCUT2D eigenvalue weighted by Gasteiger charge is -1.94. The van der Waals surface area contributed by atoms with Gasteiger partial charge in [-0.3, -0.25) is 0 Å². The SMILES string of the molecule is CCCCCCSSC#N. The second kappa shape index (κ2) is 9.19. The van der Waals surface area contributed by atoms with Crippen molar-refractivity contribution in [2.24, 2.45) is 0 Å². The second-order valence-electron chi connectivity index (χ2n) is 2.06. The van der Waals surface area contributed by atoms with Crippen LogP contribution in [0.5, 0.6) is 0 Å². The minimum atomic E-state index is 1.12. The van der Waals surface area contributed by atoms with E-state index in [4.69, 9.17) is 5.26 Å². The number of nitriles is 1. The number of thiocyanates is 1. The van der Waals surface area contributed by atoms with Crippen LogP contribution in [0.1, 0.15) is 32.6 Å². The van der Waals surface area contributed by atoms with Gasteiger partial charge in [-0.25, -0.2) is 0 Å². The Balaban J connectivity index is 2.72. The average Bonchev–Trinajstić information content (AvgIpc) is 1.97. The first-order valence-electron chi connectivity index (χ1n) is 3.59. The average molecular weight is 175 g/mol. The van der Waals surface area contributed by atoms with Crippen molar-refractivity contribution in [3.63, 3.8) is 0 Å². The molecular formula is C7H13NS2. The monoisotopic (exact) mass is 175 g/mol. The summed E-state index contributed by atoms with van der Waals surface area (Å²) >= 11 is 0. The molecule has 0 aliphatic carbocycles. The van der Waals surface area contributed by atoms with Gasteiger partial charge >= 0.3 is 0 Å². The fourth-order valence-corrected chi connectivity index (χ4v) is 1.88. The minimum absolute atomic E-state index is 1.12. The molecule has 0 aromatic rings. The maximum absolute atomic E-state index is 8.16. The Morgan fingerprint density at radius 3 is 2.70 bits per heavy atom. The molecule has 3 heteroatoms. The van der Waals surface area contributed by atoms with Crippen molar-refractivity contribution in [1.29, 1.82) is 5.26 Å². The first-order chi connectivity index (χ1) is 4.91. The summed E-state index contributed by atoms with van der Waals surface area (Å²) in [4.78, 5) is 0. The van der Waals surface area contributed by atoms with E-state index in [0.29, 0.717) is 0 Å². The minimum Gasteiger partial charge on any atom is -0.184 e. The van der Waals surface area contributed by atoms with Crippen LogP contribution in [-0.2, 0) is 0 Å². The standard InChI is InChI=1S/C7H13NS2/c1-2-3-4-5-6-9-10-7-8/h2-6H2,1H3. The highest BCUT2D eigenvalue weighted by atomic mass is 33.1. The van der Waals surface area contributed by atoms with E-state index in [1.807, 2.05) is 5.40 Å². The summed E-state index contributed by atoms with van der Waals surface area (Å²) < 4.78 is 0. The van der Waals surface area contributed by atoms with Crippen LogP contribution in [0.4, 0.5) is 0 Å². The smallest absolute Gasteiger partial charge is 0.144 e. The topological polar surface area (TPSA) is 23.8 Å². The fraction of sp³-hybridized carbons (Fsp3) is 0.857. The highest BCUT2D eigenvalue weighted by molar-refractivity contribution is 8.78. The molecule has 0 aromatic heterocycles. The van der Waals surface area contributed by atoms with Gasteiger partial charge in [-0.05, 0) is 6.42 Å². The van der Waals surface area contributed by atoms with Crippen LogP contribution in [0.25, 0.3) is 0 Å². The van der Waals surface area contributed by atoms with Crippen LogP contribution in [0, 0.1) is 10.7 Å². The van der Waals surface area contributed by atoms with Gasteiger partial charge in [0.05, 0.1) is 0 Å². The molecule has 0 saturated carbocycles. The molecule has 0 amide bonds. The molecule has 1 nitrogen and oxygen atoms in total. The van der Waals surface area contributed by atoms with Gasteiger partial charge in [0.15, 0.2) is 0 Å². The summed E-state index contributed by atoms with van der Waals surface area (Å²) in [5.41, 5.74) is 0. The Kier molecular flexibility index (Phi) is 9.36. The molecule has 0 N–H and O–H groups in total. The van der Waals surface area contributed by atoms with Gasteiger partial charge in [0.1, 0.15) is 5.40 Å². The van der Waals surface area contributed by atoms with E-state index < -0.39 is 0 Å². The van der Waals surface area contributed by atoms with Crippen LogP contribution in [0.3, 0.4) is 0 Å².